The van der Waals surface area contributed by atoms with E-state index >= 15 is 0 Å². The number of nitrogens with zero attached hydrogens (tertiary/aromatic N) is 1. The van der Waals surface area contributed by atoms with Gasteiger partial charge in [0.15, 0.2) is 0 Å². The molecule has 1 aliphatic rings. The van der Waals surface area contributed by atoms with Gasteiger partial charge in [0, 0.05) is 17.4 Å². The molecule has 2 rings (SSSR count). The molecule has 2 atom stereocenters. The number of rotatable bonds is 3. The summed E-state index contributed by atoms with van der Waals surface area (Å²) in [6, 6.07) is 2.32. The maximum Gasteiger partial charge on any atom is 0.337 e. The first-order chi connectivity index (χ1) is 8.56. The predicted octanol–water partition coefficient (Wildman–Crippen LogP) is 3.94. The first-order valence-corrected chi connectivity index (χ1v) is 6.98. The van der Waals surface area contributed by atoms with Crippen LogP contribution in [-0.2, 0) is 0 Å². The van der Waals surface area contributed by atoms with Crippen LogP contribution in [0.4, 0.5) is 0 Å². The highest BCUT2D eigenvalue weighted by Crippen LogP contribution is 2.38. The van der Waals surface area contributed by atoms with Crippen LogP contribution in [0.3, 0.4) is 0 Å². The van der Waals surface area contributed by atoms with Crippen molar-refractivity contribution in [3.8, 4) is 0 Å². The molecule has 100 valence electrons. The van der Waals surface area contributed by atoms with E-state index in [9.17, 15) is 9.90 Å². The summed E-state index contributed by atoms with van der Waals surface area (Å²) in [6.45, 7) is 6.22. The molecular formula is C15H23NO2. The highest BCUT2D eigenvalue weighted by atomic mass is 16.4. The first kappa shape index (κ1) is 13.2. The van der Waals surface area contributed by atoms with Gasteiger partial charge in [0.05, 0.1) is 5.56 Å². The molecule has 1 aliphatic carbocycles. The van der Waals surface area contributed by atoms with Crippen molar-refractivity contribution in [3.63, 3.8) is 0 Å². The molecule has 0 aliphatic heterocycles. The fraction of sp³-hybridized carbons (Fsp3) is 0.667. The first-order valence-electron chi connectivity index (χ1n) is 6.98. The summed E-state index contributed by atoms with van der Waals surface area (Å²) in [7, 11) is 0. The van der Waals surface area contributed by atoms with E-state index in [-0.39, 0.29) is 0 Å². The van der Waals surface area contributed by atoms with Crippen molar-refractivity contribution < 1.29 is 9.90 Å². The van der Waals surface area contributed by atoms with Crippen LogP contribution < -0.4 is 0 Å². The Morgan fingerprint density at radius 3 is 2.61 bits per heavy atom. The molecule has 0 bridgehead atoms. The van der Waals surface area contributed by atoms with Crippen LogP contribution >= 0.6 is 0 Å². The second kappa shape index (κ2) is 5.17. The Balaban J connectivity index is 2.40. The normalized spacial score (nSPS) is 24.2. The maximum absolute atomic E-state index is 11.2. The Morgan fingerprint density at radius 1 is 1.39 bits per heavy atom. The number of aromatic carboxylic acids is 1. The fourth-order valence-corrected chi connectivity index (χ4v) is 3.51. The van der Waals surface area contributed by atoms with E-state index in [2.05, 4.69) is 11.5 Å². The lowest BCUT2D eigenvalue weighted by Crippen LogP contribution is -2.24. The van der Waals surface area contributed by atoms with E-state index in [0.717, 1.165) is 11.4 Å². The van der Waals surface area contributed by atoms with Gasteiger partial charge in [-0.25, -0.2) is 4.79 Å². The molecule has 0 radical (unpaired) electrons. The molecule has 18 heavy (non-hydrogen) atoms. The van der Waals surface area contributed by atoms with Gasteiger partial charge in [-0.1, -0.05) is 26.2 Å². The van der Waals surface area contributed by atoms with Crippen molar-refractivity contribution in [3.05, 3.63) is 23.0 Å². The van der Waals surface area contributed by atoms with E-state index in [1.807, 2.05) is 19.9 Å². The zero-order valence-corrected chi connectivity index (χ0v) is 11.6. The number of carboxylic acid groups (broad SMARTS) is 1. The largest absolute Gasteiger partial charge is 0.478 e. The lowest BCUT2D eigenvalue weighted by Gasteiger charge is -2.34. The molecule has 2 unspecified atom stereocenters. The molecule has 0 amide bonds. The summed E-state index contributed by atoms with van der Waals surface area (Å²) in [5.74, 6) is -0.108. The molecule has 1 saturated carbocycles. The van der Waals surface area contributed by atoms with Crippen molar-refractivity contribution >= 4 is 5.97 Å². The van der Waals surface area contributed by atoms with Gasteiger partial charge < -0.3 is 9.67 Å². The smallest absolute Gasteiger partial charge is 0.337 e. The topological polar surface area (TPSA) is 42.2 Å². The van der Waals surface area contributed by atoms with Gasteiger partial charge in [-0.05, 0) is 38.7 Å². The second-order valence-electron chi connectivity index (χ2n) is 5.48. The van der Waals surface area contributed by atoms with Gasteiger partial charge in [0.1, 0.15) is 0 Å². The molecule has 3 nitrogen and oxygen atoms in total. The van der Waals surface area contributed by atoms with Gasteiger partial charge in [-0.2, -0.15) is 0 Å². The Hall–Kier alpha value is -1.25. The monoisotopic (exact) mass is 249 g/mol. The Kier molecular flexibility index (Phi) is 3.79. The average molecular weight is 249 g/mol. The lowest BCUT2D eigenvalue weighted by molar-refractivity contribution is 0.0695. The lowest BCUT2D eigenvalue weighted by atomic mass is 9.82. The van der Waals surface area contributed by atoms with Gasteiger partial charge in [0.2, 0.25) is 0 Å². The number of hydrogen-bond acceptors (Lipinski definition) is 1. The maximum atomic E-state index is 11.2. The number of carbonyl (C=O) groups is 1. The predicted molar refractivity (Wildman–Crippen MR) is 72.2 cm³/mol. The molecule has 1 aromatic rings. The number of carboxylic acids is 1. The van der Waals surface area contributed by atoms with Gasteiger partial charge in [-0.3, -0.25) is 0 Å². The minimum atomic E-state index is -0.807. The molecular weight excluding hydrogens is 226 g/mol. The van der Waals surface area contributed by atoms with Gasteiger partial charge in [0.25, 0.3) is 0 Å². The molecule has 1 N–H and O–H groups in total. The van der Waals surface area contributed by atoms with Crippen LogP contribution in [-0.4, -0.2) is 15.6 Å². The standard InChI is InChI=1S/C15H23NO2/c1-4-12-7-5-6-8-14(12)16-10(2)9-13(11(16)3)15(17)18/h9,12,14H,4-8H2,1-3H3,(H,17,18). The van der Waals surface area contributed by atoms with Gasteiger partial charge in [-0.15, -0.1) is 0 Å². The van der Waals surface area contributed by atoms with Crippen LogP contribution in [0.5, 0.6) is 0 Å². The van der Waals surface area contributed by atoms with E-state index < -0.39 is 5.97 Å². The van der Waals surface area contributed by atoms with Crippen LogP contribution in [0.1, 0.15) is 66.8 Å². The molecule has 3 heteroatoms. The summed E-state index contributed by atoms with van der Waals surface area (Å²) < 4.78 is 2.27. The summed E-state index contributed by atoms with van der Waals surface area (Å²) in [6.07, 6.45) is 6.24. The fourth-order valence-electron chi connectivity index (χ4n) is 3.51. The number of aryl methyl sites for hydroxylation is 1. The van der Waals surface area contributed by atoms with Crippen LogP contribution in [0.25, 0.3) is 0 Å². The molecule has 1 heterocycles. The third kappa shape index (κ3) is 2.18. The SMILES string of the molecule is CCC1CCCCC1n1c(C)cc(C(=O)O)c1C. The van der Waals surface area contributed by atoms with E-state index in [1.54, 1.807) is 0 Å². The third-order valence-corrected chi connectivity index (χ3v) is 4.44. The quantitative estimate of drug-likeness (QED) is 0.881. The van der Waals surface area contributed by atoms with Crippen molar-refractivity contribution in [2.45, 2.75) is 58.9 Å². The third-order valence-electron chi connectivity index (χ3n) is 4.44. The van der Waals surface area contributed by atoms with Crippen molar-refractivity contribution in [2.24, 2.45) is 5.92 Å². The van der Waals surface area contributed by atoms with E-state index in [4.69, 9.17) is 0 Å². The van der Waals surface area contributed by atoms with Crippen LogP contribution in [0.15, 0.2) is 6.07 Å². The highest BCUT2D eigenvalue weighted by Gasteiger charge is 2.28. The summed E-state index contributed by atoms with van der Waals surface area (Å²) in [4.78, 5) is 11.2. The zero-order valence-electron chi connectivity index (χ0n) is 11.6. The highest BCUT2D eigenvalue weighted by molar-refractivity contribution is 5.89. The summed E-state index contributed by atoms with van der Waals surface area (Å²) >= 11 is 0. The van der Waals surface area contributed by atoms with Gasteiger partial charge >= 0.3 is 5.97 Å². The van der Waals surface area contributed by atoms with Crippen LogP contribution in [0.2, 0.25) is 0 Å². The Labute approximate surface area is 109 Å². The Bertz CT molecular complexity index is 448. The molecule has 0 spiro atoms. The minimum Gasteiger partial charge on any atom is -0.478 e. The van der Waals surface area contributed by atoms with E-state index in [0.29, 0.717) is 17.5 Å². The molecule has 0 saturated heterocycles. The van der Waals surface area contributed by atoms with Crippen molar-refractivity contribution in [1.29, 1.82) is 0 Å². The second-order valence-corrected chi connectivity index (χ2v) is 5.48. The van der Waals surface area contributed by atoms with Crippen molar-refractivity contribution in [2.75, 3.05) is 0 Å². The van der Waals surface area contributed by atoms with Crippen molar-refractivity contribution in [1.82, 2.24) is 4.57 Å². The van der Waals surface area contributed by atoms with E-state index in [1.165, 1.54) is 32.1 Å². The average Bonchev–Trinajstić information content (AvgIpc) is 2.65. The summed E-state index contributed by atoms with van der Waals surface area (Å²) in [5, 5.41) is 9.21. The summed E-state index contributed by atoms with van der Waals surface area (Å²) in [5.41, 5.74) is 2.48. The molecule has 0 aromatic carbocycles. The number of aromatic nitrogens is 1. The Morgan fingerprint density at radius 2 is 2.06 bits per heavy atom. The zero-order chi connectivity index (χ0) is 13.3. The van der Waals surface area contributed by atoms with Crippen LogP contribution in [0, 0.1) is 19.8 Å². The number of hydrogen-bond donors (Lipinski definition) is 1. The molecule has 1 aromatic heterocycles. The minimum absolute atomic E-state index is 0.466. The molecule has 1 fully saturated rings.